The first-order valence-electron chi connectivity index (χ1n) is 6.67. The molecule has 1 N–H and O–H groups in total. The van der Waals surface area contributed by atoms with E-state index in [0.717, 1.165) is 17.9 Å². The van der Waals surface area contributed by atoms with Crippen LogP contribution in [0.1, 0.15) is 45.4 Å². The van der Waals surface area contributed by atoms with E-state index in [9.17, 15) is 0 Å². The highest BCUT2D eigenvalue weighted by Crippen LogP contribution is 2.25. The minimum absolute atomic E-state index is 0.818. The zero-order valence-electron chi connectivity index (χ0n) is 10.0. The highest BCUT2D eigenvalue weighted by Gasteiger charge is 2.21. The molecule has 1 heterocycles. The number of hydrogen-bond donors (Lipinski definition) is 1. The summed E-state index contributed by atoms with van der Waals surface area (Å²) in [5.41, 5.74) is 0. The zero-order chi connectivity index (χ0) is 10.5. The van der Waals surface area contributed by atoms with Crippen molar-refractivity contribution in [2.45, 2.75) is 51.5 Å². The first kappa shape index (κ1) is 11.8. The Morgan fingerprint density at radius 1 is 1.13 bits per heavy atom. The quantitative estimate of drug-likeness (QED) is 0.743. The average Bonchev–Trinajstić information content (AvgIpc) is 2.67. The molecule has 2 rings (SSSR count). The van der Waals surface area contributed by atoms with Crippen LogP contribution in [0.25, 0.3) is 0 Å². The van der Waals surface area contributed by atoms with Crippen molar-refractivity contribution in [3.8, 4) is 0 Å². The van der Waals surface area contributed by atoms with Crippen LogP contribution < -0.4 is 5.32 Å². The highest BCUT2D eigenvalue weighted by atomic mass is 32.2. The van der Waals surface area contributed by atoms with Gasteiger partial charge in [0.05, 0.1) is 0 Å². The van der Waals surface area contributed by atoms with Crippen LogP contribution in [0, 0.1) is 11.8 Å². The van der Waals surface area contributed by atoms with E-state index in [0.29, 0.717) is 0 Å². The molecule has 3 unspecified atom stereocenters. The zero-order valence-corrected chi connectivity index (χ0v) is 10.8. The Hall–Kier alpha value is 0.310. The lowest BCUT2D eigenvalue weighted by Gasteiger charge is -2.24. The molecule has 0 aromatic carbocycles. The Morgan fingerprint density at radius 2 is 2.00 bits per heavy atom. The van der Waals surface area contributed by atoms with E-state index < -0.39 is 0 Å². The van der Waals surface area contributed by atoms with Gasteiger partial charge >= 0.3 is 0 Å². The minimum atomic E-state index is 0.818. The van der Waals surface area contributed by atoms with E-state index in [1.165, 1.54) is 56.6 Å². The maximum atomic E-state index is 3.84. The Labute approximate surface area is 98.8 Å². The SMILES string of the molecule is CC1CCCCCC1NCC1CCSC1. The summed E-state index contributed by atoms with van der Waals surface area (Å²) in [5, 5.41) is 3.84. The minimum Gasteiger partial charge on any atom is -0.313 e. The van der Waals surface area contributed by atoms with Gasteiger partial charge in [-0.25, -0.2) is 0 Å². The second-order valence-electron chi connectivity index (χ2n) is 5.36. The van der Waals surface area contributed by atoms with Crippen molar-refractivity contribution in [1.82, 2.24) is 5.32 Å². The summed E-state index contributed by atoms with van der Waals surface area (Å²) >= 11 is 2.13. The predicted molar refractivity (Wildman–Crippen MR) is 69.5 cm³/mol. The van der Waals surface area contributed by atoms with E-state index in [-0.39, 0.29) is 0 Å². The summed E-state index contributed by atoms with van der Waals surface area (Å²) in [6, 6.07) is 0.818. The molecule has 1 nitrogen and oxygen atoms in total. The van der Waals surface area contributed by atoms with Crippen LogP contribution in [-0.4, -0.2) is 24.1 Å². The molecule has 15 heavy (non-hydrogen) atoms. The molecule has 88 valence electrons. The molecule has 0 amide bonds. The predicted octanol–water partition coefficient (Wildman–Crippen LogP) is 3.30. The van der Waals surface area contributed by atoms with E-state index in [1.807, 2.05) is 0 Å². The van der Waals surface area contributed by atoms with Gasteiger partial charge in [0.15, 0.2) is 0 Å². The number of rotatable bonds is 3. The number of thioether (sulfide) groups is 1. The number of nitrogens with one attached hydrogen (secondary N) is 1. The van der Waals surface area contributed by atoms with Crippen molar-refractivity contribution in [3.63, 3.8) is 0 Å². The fourth-order valence-corrected chi connectivity index (χ4v) is 4.14. The highest BCUT2D eigenvalue weighted by molar-refractivity contribution is 7.99. The third-order valence-corrected chi connectivity index (χ3v) is 5.29. The van der Waals surface area contributed by atoms with Crippen LogP contribution in [0.15, 0.2) is 0 Å². The molecule has 3 atom stereocenters. The maximum absolute atomic E-state index is 3.84. The molecule has 1 aliphatic heterocycles. The molecule has 0 aromatic rings. The van der Waals surface area contributed by atoms with Crippen LogP contribution in [0.3, 0.4) is 0 Å². The van der Waals surface area contributed by atoms with Gasteiger partial charge in [0, 0.05) is 6.04 Å². The number of hydrogen-bond acceptors (Lipinski definition) is 2. The van der Waals surface area contributed by atoms with Crippen molar-refractivity contribution >= 4 is 11.8 Å². The fourth-order valence-electron chi connectivity index (χ4n) is 2.86. The molecule has 0 aromatic heterocycles. The molecule has 1 saturated heterocycles. The molecule has 1 aliphatic carbocycles. The lowest BCUT2D eigenvalue weighted by Crippen LogP contribution is -2.37. The topological polar surface area (TPSA) is 12.0 Å². The van der Waals surface area contributed by atoms with Gasteiger partial charge in [-0.15, -0.1) is 0 Å². The molecule has 0 radical (unpaired) electrons. The van der Waals surface area contributed by atoms with Crippen molar-refractivity contribution in [1.29, 1.82) is 0 Å². The lowest BCUT2D eigenvalue weighted by molar-refractivity contribution is 0.338. The summed E-state index contributed by atoms with van der Waals surface area (Å²) in [7, 11) is 0. The first-order chi connectivity index (χ1) is 7.36. The Kier molecular flexibility index (Phi) is 4.83. The first-order valence-corrected chi connectivity index (χ1v) is 7.83. The second kappa shape index (κ2) is 6.15. The van der Waals surface area contributed by atoms with Crippen molar-refractivity contribution < 1.29 is 0 Å². The summed E-state index contributed by atoms with van der Waals surface area (Å²) < 4.78 is 0. The molecule has 1 saturated carbocycles. The largest absolute Gasteiger partial charge is 0.313 e. The van der Waals surface area contributed by atoms with Gasteiger partial charge in [-0.2, -0.15) is 11.8 Å². The average molecular weight is 227 g/mol. The molecule has 0 spiro atoms. The summed E-state index contributed by atoms with van der Waals surface area (Å²) in [4.78, 5) is 0. The fraction of sp³-hybridized carbons (Fsp3) is 1.00. The van der Waals surface area contributed by atoms with Gasteiger partial charge in [0.1, 0.15) is 0 Å². The van der Waals surface area contributed by atoms with Gasteiger partial charge in [0.2, 0.25) is 0 Å². The molecule has 0 bridgehead atoms. The molecule has 2 heteroatoms. The smallest absolute Gasteiger partial charge is 0.00928 e. The van der Waals surface area contributed by atoms with Crippen LogP contribution in [0.5, 0.6) is 0 Å². The molecule has 2 fully saturated rings. The Morgan fingerprint density at radius 3 is 2.80 bits per heavy atom. The summed E-state index contributed by atoms with van der Waals surface area (Å²) in [5.74, 6) is 4.66. The van der Waals surface area contributed by atoms with Crippen molar-refractivity contribution in [2.75, 3.05) is 18.1 Å². The third-order valence-electron chi connectivity index (χ3n) is 4.05. The van der Waals surface area contributed by atoms with Crippen LogP contribution >= 0.6 is 11.8 Å². The van der Waals surface area contributed by atoms with Gasteiger partial charge in [0.25, 0.3) is 0 Å². The monoisotopic (exact) mass is 227 g/mol. The Balaban J connectivity index is 1.71. The van der Waals surface area contributed by atoms with E-state index in [1.54, 1.807) is 0 Å². The summed E-state index contributed by atoms with van der Waals surface area (Å²) in [6.45, 7) is 3.72. The van der Waals surface area contributed by atoms with Gasteiger partial charge in [-0.05, 0) is 49.1 Å². The van der Waals surface area contributed by atoms with Crippen molar-refractivity contribution in [2.24, 2.45) is 11.8 Å². The normalized spacial score (nSPS) is 37.8. The molecular formula is C13H25NS. The van der Waals surface area contributed by atoms with Crippen LogP contribution in [0.4, 0.5) is 0 Å². The molecule has 2 aliphatic rings. The van der Waals surface area contributed by atoms with Gasteiger partial charge in [-0.3, -0.25) is 0 Å². The lowest BCUT2D eigenvalue weighted by atomic mass is 9.96. The van der Waals surface area contributed by atoms with Crippen LogP contribution in [-0.2, 0) is 0 Å². The standard InChI is InChI=1S/C13H25NS/c1-11-5-3-2-4-6-13(11)14-9-12-7-8-15-10-12/h11-14H,2-10H2,1H3. The molecular weight excluding hydrogens is 202 g/mol. The van der Waals surface area contributed by atoms with E-state index >= 15 is 0 Å². The van der Waals surface area contributed by atoms with E-state index in [2.05, 4.69) is 24.0 Å². The van der Waals surface area contributed by atoms with E-state index in [4.69, 9.17) is 0 Å². The third kappa shape index (κ3) is 3.67. The van der Waals surface area contributed by atoms with Gasteiger partial charge in [-0.1, -0.05) is 26.2 Å². The maximum Gasteiger partial charge on any atom is 0.00928 e. The van der Waals surface area contributed by atoms with Crippen molar-refractivity contribution in [3.05, 3.63) is 0 Å². The van der Waals surface area contributed by atoms with Gasteiger partial charge < -0.3 is 5.32 Å². The Bertz CT molecular complexity index is 177. The summed E-state index contributed by atoms with van der Waals surface area (Å²) in [6.07, 6.45) is 8.67. The van der Waals surface area contributed by atoms with Crippen LogP contribution in [0.2, 0.25) is 0 Å². The second-order valence-corrected chi connectivity index (χ2v) is 6.51.